The van der Waals surface area contributed by atoms with Crippen LogP contribution in [0.4, 0.5) is 0 Å². The van der Waals surface area contributed by atoms with Crippen molar-refractivity contribution in [2.45, 2.75) is 71.3 Å². The molecule has 0 heterocycles. The van der Waals surface area contributed by atoms with Gasteiger partial charge in [-0.2, -0.15) is 0 Å². The molecule has 0 spiro atoms. The van der Waals surface area contributed by atoms with Gasteiger partial charge in [0.2, 0.25) is 0 Å². The van der Waals surface area contributed by atoms with E-state index in [2.05, 4.69) is 13.8 Å². The van der Waals surface area contributed by atoms with Crippen LogP contribution in [0.1, 0.15) is 65.2 Å². The van der Waals surface area contributed by atoms with E-state index in [9.17, 15) is 5.11 Å². The molecule has 0 aromatic carbocycles. The van der Waals surface area contributed by atoms with Gasteiger partial charge in [-0.1, -0.05) is 25.0 Å². The van der Waals surface area contributed by atoms with Crippen LogP contribution in [0.25, 0.3) is 0 Å². The molecule has 0 radical (unpaired) electrons. The first-order valence-corrected chi connectivity index (χ1v) is 7.44. The average molecular weight is 234 g/mol. The van der Waals surface area contributed by atoms with Crippen molar-refractivity contribution in [3.8, 4) is 0 Å². The number of hydrogen-bond donors (Lipinski definition) is 1. The summed E-state index contributed by atoms with van der Waals surface area (Å²) in [6, 6.07) is 0. The van der Waals surface area contributed by atoms with Crippen molar-refractivity contribution in [2.75, 3.05) is 0 Å². The zero-order valence-corrected chi connectivity index (χ0v) is 11.3. The van der Waals surface area contributed by atoms with Crippen molar-refractivity contribution in [2.24, 2.45) is 17.3 Å². The van der Waals surface area contributed by atoms with E-state index < -0.39 is 0 Å². The number of hydrogen-bond acceptors (Lipinski definition) is 1. The maximum Gasteiger partial charge on any atom is 0.0580 e. The van der Waals surface area contributed by atoms with Crippen LogP contribution in [0.5, 0.6) is 0 Å². The van der Waals surface area contributed by atoms with E-state index in [4.69, 9.17) is 0 Å². The molecular weight excluding hydrogens is 208 g/mol. The first-order chi connectivity index (χ1) is 8.05. The number of rotatable bonds is 0. The van der Waals surface area contributed by atoms with E-state index >= 15 is 0 Å². The third-order valence-electron chi connectivity index (χ3n) is 5.46. The molecule has 3 rings (SSSR count). The van der Waals surface area contributed by atoms with E-state index in [0.29, 0.717) is 5.41 Å². The number of allylic oxidation sites excluding steroid dienone is 1. The van der Waals surface area contributed by atoms with Gasteiger partial charge in [-0.3, -0.25) is 0 Å². The van der Waals surface area contributed by atoms with Gasteiger partial charge in [-0.05, 0) is 68.6 Å². The van der Waals surface area contributed by atoms with Crippen molar-refractivity contribution in [1.29, 1.82) is 0 Å². The number of aliphatic hydroxyl groups is 1. The number of fused-ring (bicyclic) bond motifs is 2. The summed E-state index contributed by atoms with van der Waals surface area (Å²) in [7, 11) is 0. The van der Waals surface area contributed by atoms with Gasteiger partial charge in [-0.25, -0.2) is 0 Å². The summed E-state index contributed by atoms with van der Waals surface area (Å²) in [6.45, 7) is 4.88. The lowest BCUT2D eigenvalue weighted by atomic mass is 9.59. The first-order valence-electron chi connectivity index (χ1n) is 7.44. The van der Waals surface area contributed by atoms with E-state index in [1.807, 2.05) is 0 Å². The van der Waals surface area contributed by atoms with Crippen molar-refractivity contribution in [3.05, 3.63) is 11.1 Å². The number of aliphatic hydroxyl groups excluding tert-OH is 1. The van der Waals surface area contributed by atoms with Crippen LogP contribution in [-0.4, -0.2) is 11.2 Å². The van der Waals surface area contributed by atoms with Crippen LogP contribution in [0.3, 0.4) is 0 Å². The molecule has 0 aromatic rings. The molecule has 0 aliphatic heterocycles. The van der Waals surface area contributed by atoms with Gasteiger partial charge >= 0.3 is 0 Å². The molecule has 3 aliphatic rings. The highest BCUT2D eigenvalue weighted by Gasteiger charge is 2.40. The van der Waals surface area contributed by atoms with Gasteiger partial charge < -0.3 is 5.11 Å². The summed E-state index contributed by atoms with van der Waals surface area (Å²) in [6.07, 6.45) is 10.1. The second kappa shape index (κ2) is 4.12. The highest BCUT2D eigenvalue weighted by Crippen LogP contribution is 2.52. The second-order valence-electron chi connectivity index (χ2n) is 7.34. The maximum atomic E-state index is 9.79. The predicted octanol–water partition coefficient (Wildman–Crippen LogP) is 4.06. The highest BCUT2D eigenvalue weighted by atomic mass is 16.3. The summed E-state index contributed by atoms with van der Waals surface area (Å²) in [4.78, 5) is 0. The molecule has 3 aliphatic carbocycles. The molecule has 1 N–H and O–H groups in total. The SMILES string of the molecule is CC1(C)CCC2C3=C(CCC2C1)CC(O)CC3. The minimum Gasteiger partial charge on any atom is -0.393 e. The Labute approximate surface area is 105 Å². The molecule has 0 amide bonds. The molecule has 1 heteroatoms. The fourth-order valence-electron chi connectivity index (χ4n) is 4.58. The molecule has 1 fully saturated rings. The normalized spacial score (nSPS) is 40.8. The minimum absolute atomic E-state index is 0.0367. The van der Waals surface area contributed by atoms with Crippen molar-refractivity contribution < 1.29 is 5.11 Å². The summed E-state index contributed by atoms with van der Waals surface area (Å²) >= 11 is 0. The quantitative estimate of drug-likeness (QED) is 0.627. The van der Waals surface area contributed by atoms with Gasteiger partial charge in [-0.15, -0.1) is 0 Å². The summed E-state index contributed by atoms with van der Waals surface area (Å²) in [5.41, 5.74) is 4.00. The van der Waals surface area contributed by atoms with Gasteiger partial charge in [0.05, 0.1) is 6.10 Å². The molecule has 0 saturated heterocycles. The Morgan fingerprint density at radius 2 is 1.94 bits per heavy atom. The Kier molecular flexibility index (Phi) is 2.85. The third kappa shape index (κ3) is 2.19. The summed E-state index contributed by atoms with van der Waals surface area (Å²) < 4.78 is 0. The molecule has 1 saturated carbocycles. The summed E-state index contributed by atoms with van der Waals surface area (Å²) in [5.74, 6) is 1.84. The van der Waals surface area contributed by atoms with E-state index in [0.717, 1.165) is 24.7 Å². The fraction of sp³-hybridized carbons (Fsp3) is 0.875. The standard InChI is InChI=1S/C16H26O/c1-16(2)8-7-15-12(10-16)4-3-11-9-13(17)5-6-14(11)15/h12-13,15,17H,3-10H2,1-2H3. The Bertz CT molecular complexity index is 339. The first kappa shape index (κ1) is 11.8. The average Bonchev–Trinajstić information content (AvgIpc) is 2.27. The summed E-state index contributed by atoms with van der Waals surface area (Å²) in [5, 5.41) is 9.79. The minimum atomic E-state index is -0.0367. The smallest absolute Gasteiger partial charge is 0.0580 e. The molecular formula is C16H26O. The Hall–Kier alpha value is -0.300. The molecule has 3 unspecified atom stereocenters. The van der Waals surface area contributed by atoms with Gasteiger partial charge in [0.1, 0.15) is 0 Å². The third-order valence-corrected chi connectivity index (χ3v) is 5.46. The van der Waals surface area contributed by atoms with Crippen molar-refractivity contribution >= 4 is 0 Å². The van der Waals surface area contributed by atoms with Crippen LogP contribution in [0.2, 0.25) is 0 Å². The van der Waals surface area contributed by atoms with Crippen molar-refractivity contribution in [1.82, 2.24) is 0 Å². The van der Waals surface area contributed by atoms with E-state index in [-0.39, 0.29) is 6.10 Å². The second-order valence-corrected chi connectivity index (χ2v) is 7.34. The van der Waals surface area contributed by atoms with Gasteiger partial charge in [0, 0.05) is 0 Å². The van der Waals surface area contributed by atoms with Crippen LogP contribution in [-0.2, 0) is 0 Å². The molecule has 96 valence electrons. The van der Waals surface area contributed by atoms with E-state index in [1.165, 1.54) is 38.5 Å². The topological polar surface area (TPSA) is 20.2 Å². The van der Waals surface area contributed by atoms with Gasteiger partial charge in [0.25, 0.3) is 0 Å². The van der Waals surface area contributed by atoms with Gasteiger partial charge in [0.15, 0.2) is 0 Å². The maximum absolute atomic E-state index is 9.79. The largest absolute Gasteiger partial charge is 0.393 e. The van der Waals surface area contributed by atoms with E-state index in [1.54, 1.807) is 11.1 Å². The molecule has 0 bridgehead atoms. The molecule has 1 nitrogen and oxygen atoms in total. The Morgan fingerprint density at radius 1 is 1.12 bits per heavy atom. The lowest BCUT2D eigenvalue weighted by molar-refractivity contribution is 0.102. The molecule has 3 atom stereocenters. The zero-order valence-electron chi connectivity index (χ0n) is 11.3. The van der Waals surface area contributed by atoms with Crippen LogP contribution in [0.15, 0.2) is 11.1 Å². The monoisotopic (exact) mass is 234 g/mol. The highest BCUT2D eigenvalue weighted by molar-refractivity contribution is 5.25. The zero-order chi connectivity index (χ0) is 12.0. The Balaban J connectivity index is 1.82. The molecule has 17 heavy (non-hydrogen) atoms. The van der Waals surface area contributed by atoms with Crippen LogP contribution in [0, 0.1) is 17.3 Å². The predicted molar refractivity (Wildman–Crippen MR) is 70.7 cm³/mol. The fourth-order valence-corrected chi connectivity index (χ4v) is 4.58. The van der Waals surface area contributed by atoms with Crippen molar-refractivity contribution in [3.63, 3.8) is 0 Å². The van der Waals surface area contributed by atoms with Crippen LogP contribution < -0.4 is 0 Å². The van der Waals surface area contributed by atoms with Crippen LogP contribution >= 0.6 is 0 Å². The Morgan fingerprint density at radius 3 is 2.76 bits per heavy atom. The lowest BCUT2D eigenvalue weighted by Gasteiger charge is -2.46. The lowest BCUT2D eigenvalue weighted by Crippen LogP contribution is -2.35. The molecule has 0 aromatic heterocycles.